The normalized spacial score (nSPS) is 15.3. The van der Waals surface area contributed by atoms with Crippen molar-refractivity contribution in [2.45, 2.75) is 42.8 Å². The Morgan fingerprint density at radius 2 is 1.87 bits per heavy atom. The Hall–Kier alpha value is -4.81. The predicted octanol–water partition coefficient (Wildman–Crippen LogP) is 7.42. The van der Waals surface area contributed by atoms with Gasteiger partial charge in [-0.2, -0.15) is 0 Å². The Balaban J connectivity index is 1.23. The molecule has 2 aromatic carbocycles. The predicted molar refractivity (Wildman–Crippen MR) is 169 cm³/mol. The SMILES string of the molecule is COC1=Cc2cc(nc(SCc3cc(-c4ccc5c(c4)N=C(CCCCC(=O)O)N(c4ccc(F)cc4)C5OC)no3)n2)C=C1. The summed E-state index contributed by atoms with van der Waals surface area (Å²) >= 11 is 1.45. The Labute approximate surface area is 263 Å². The molecule has 230 valence electrons. The lowest BCUT2D eigenvalue weighted by atomic mass is 10.0. The van der Waals surface area contributed by atoms with Crippen LogP contribution in [0.15, 0.2) is 81.1 Å². The summed E-state index contributed by atoms with van der Waals surface area (Å²) in [7, 11) is 3.23. The molecule has 2 aliphatic rings. The van der Waals surface area contributed by atoms with Gasteiger partial charge < -0.3 is 19.1 Å². The number of carboxylic acid groups (broad SMARTS) is 1. The van der Waals surface area contributed by atoms with Crippen LogP contribution in [0.25, 0.3) is 23.4 Å². The minimum atomic E-state index is -0.837. The molecule has 1 aliphatic heterocycles. The van der Waals surface area contributed by atoms with E-state index in [1.54, 1.807) is 26.4 Å². The van der Waals surface area contributed by atoms with E-state index in [-0.39, 0.29) is 12.2 Å². The molecule has 12 heteroatoms. The van der Waals surface area contributed by atoms with Crippen molar-refractivity contribution in [1.29, 1.82) is 0 Å². The van der Waals surface area contributed by atoms with Crippen LogP contribution in [0, 0.1) is 5.82 Å². The number of aliphatic imine (C=N–C) groups is 1. The molecule has 0 amide bonds. The lowest BCUT2D eigenvalue weighted by Gasteiger charge is -2.37. The van der Waals surface area contributed by atoms with E-state index in [2.05, 4.69) is 15.1 Å². The third-order valence-corrected chi connectivity index (χ3v) is 8.18. The topological polar surface area (TPSA) is 123 Å². The molecule has 1 unspecified atom stereocenters. The molecular formula is C33H30FN5O5S. The summed E-state index contributed by atoms with van der Waals surface area (Å²) in [6.07, 6.45) is 6.80. The smallest absolute Gasteiger partial charge is 0.303 e. The maximum Gasteiger partial charge on any atom is 0.303 e. The molecule has 0 saturated heterocycles. The molecule has 1 atom stereocenters. The molecular weight excluding hydrogens is 597 g/mol. The van der Waals surface area contributed by atoms with Gasteiger partial charge in [-0.3, -0.25) is 9.69 Å². The minimum Gasteiger partial charge on any atom is -0.497 e. The van der Waals surface area contributed by atoms with Crippen LogP contribution in [0.2, 0.25) is 0 Å². The van der Waals surface area contributed by atoms with Crippen LogP contribution in [-0.2, 0) is 20.0 Å². The van der Waals surface area contributed by atoms with E-state index < -0.39 is 12.2 Å². The van der Waals surface area contributed by atoms with Crippen LogP contribution >= 0.6 is 11.8 Å². The molecule has 10 nitrogen and oxygen atoms in total. The van der Waals surface area contributed by atoms with Crippen LogP contribution in [0.1, 0.15) is 54.6 Å². The molecule has 0 spiro atoms. The number of rotatable bonds is 12. The van der Waals surface area contributed by atoms with Crippen LogP contribution in [0.5, 0.6) is 0 Å². The van der Waals surface area contributed by atoms with Gasteiger partial charge in [-0.05, 0) is 61.4 Å². The number of hydrogen-bond donors (Lipinski definition) is 1. The van der Waals surface area contributed by atoms with Crippen molar-refractivity contribution in [3.8, 4) is 11.3 Å². The number of aromatic nitrogens is 3. The minimum absolute atomic E-state index is 0.0760. The Bertz CT molecular complexity index is 1800. The number of ether oxygens (including phenoxy) is 2. The van der Waals surface area contributed by atoms with Gasteiger partial charge in [0, 0.05) is 48.9 Å². The van der Waals surface area contributed by atoms with E-state index >= 15 is 0 Å². The highest BCUT2D eigenvalue weighted by Gasteiger charge is 2.31. The highest BCUT2D eigenvalue weighted by atomic mass is 32.2. The molecule has 0 saturated carbocycles. The number of fused-ring (bicyclic) bond motifs is 3. The number of allylic oxidation sites excluding steroid dienone is 1. The van der Waals surface area contributed by atoms with Crippen LogP contribution in [0.4, 0.5) is 15.8 Å². The van der Waals surface area contributed by atoms with Crippen LogP contribution < -0.4 is 4.90 Å². The summed E-state index contributed by atoms with van der Waals surface area (Å²) in [6, 6.07) is 15.8. The van der Waals surface area contributed by atoms with Gasteiger partial charge in [0.2, 0.25) is 0 Å². The first-order valence-corrected chi connectivity index (χ1v) is 15.3. The van der Waals surface area contributed by atoms with Crippen molar-refractivity contribution in [2.75, 3.05) is 19.1 Å². The first-order valence-electron chi connectivity index (χ1n) is 14.3. The zero-order valence-electron chi connectivity index (χ0n) is 24.6. The zero-order chi connectivity index (χ0) is 31.3. The van der Waals surface area contributed by atoms with Gasteiger partial charge in [-0.25, -0.2) is 19.4 Å². The summed E-state index contributed by atoms with van der Waals surface area (Å²) in [5.74, 6) is 1.39. The molecule has 2 bridgehead atoms. The Morgan fingerprint density at radius 1 is 1.04 bits per heavy atom. The number of unbranched alkanes of at least 4 members (excludes halogenated alkanes) is 1. The maximum atomic E-state index is 13.8. The summed E-state index contributed by atoms with van der Waals surface area (Å²) in [5, 5.41) is 14.0. The number of methoxy groups -OCH3 is 2. The molecule has 1 N–H and O–H groups in total. The Kier molecular flexibility index (Phi) is 9.03. The second-order valence-corrected chi connectivity index (χ2v) is 11.3. The lowest BCUT2D eigenvalue weighted by molar-refractivity contribution is -0.137. The van der Waals surface area contributed by atoms with Gasteiger partial charge in [-0.15, -0.1) is 0 Å². The monoisotopic (exact) mass is 627 g/mol. The number of halogens is 1. The first-order chi connectivity index (χ1) is 21.9. The highest BCUT2D eigenvalue weighted by molar-refractivity contribution is 7.98. The van der Waals surface area contributed by atoms with Gasteiger partial charge in [-0.1, -0.05) is 29.1 Å². The molecule has 4 aromatic rings. The van der Waals surface area contributed by atoms with E-state index in [0.29, 0.717) is 58.9 Å². The number of nitrogens with zero attached hydrogens (tertiary/aromatic N) is 5. The number of carbonyl (C=O) groups is 1. The summed E-state index contributed by atoms with van der Waals surface area (Å²) in [4.78, 5) is 27.2. The van der Waals surface area contributed by atoms with E-state index in [1.807, 2.05) is 53.5 Å². The number of aliphatic carboxylic acids is 1. The second kappa shape index (κ2) is 13.4. The van der Waals surface area contributed by atoms with E-state index in [9.17, 15) is 9.18 Å². The van der Waals surface area contributed by atoms with Gasteiger partial charge in [0.15, 0.2) is 11.4 Å². The number of carboxylic acids is 1. The number of hydrogen-bond acceptors (Lipinski definition) is 10. The number of amidine groups is 1. The zero-order valence-corrected chi connectivity index (χ0v) is 25.5. The first kappa shape index (κ1) is 30.2. The van der Waals surface area contributed by atoms with Crippen molar-refractivity contribution in [3.63, 3.8) is 0 Å². The molecule has 45 heavy (non-hydrogen) atoms. The van der Waals surface area contributed by atoms with Crippen molar-refractivity contribution in [1.82, 2.24) is 15.1 Å². The van der Waals surface area contributed by atoms with Gasteiger partial charge in [0.25, 0.3) is 0 Å². The fourth-order valence-corrected chi connectivity index (χ4v) is 5.90. The molecule has 3 heterocycles. The standard InChI is InChI=1S/C33H30FN5O5S/c1-42-25-13-10-22-16-23(17-25)36-33(35-22)45-19-26-18-28(38-44-26)20-7-14-27-29(15-20)37-30(5-3-4-6-31(40)41)39(32(27)43-2)24-11-8-21(34)9-12-24/h7-18,32H,3-6,19H2,1-2H3,(H,40,41). The highest BCUT2D eigenvalue weighted by Crippen LogP contribution is 2.41. The average molecular weight is 628 g/mol. The fraction of sp³-hybridized carbons (Fsp3) is 0.242. The second-order valence-electron chi connectivity index (χ2n) is 10.4. The summed E-state index contributed by atoms with van der Waals surface area (Å²) < 4.78 is 30.7. The van der Waals surface area contributed by atoms with Crippen molar-refractivity contribution in [2.24, 2.45) is 4.99 Å². The Morgan fingerprint density at radius 3 is 2.64 bits per heavy atom. The van der Waals surface area contributed by atoms with Gasteiger partial charge in [0.1, 0.15) is 28.9 Å². The molecule has 2 aromatic heterocycles. The summed E-state index contributed by atoms with van der Waals surface area (Å²) in [5.41, 5.74) is 5.32. The quantitative estimate of drug-likeness (QED) is 0.0964. The largest absolute Gasteiger partial charge is 0.497 e. The summed E-state index contributed by atoms with van der Waals surface area (Å²) in [6.45, 7) is 0. The molecule has 6 rings (SSSR count). The molecule has 0 radical (unpaired) electrons. The van der Waals surface area contributed by atoms with E-state index in [4.69, 9.17) is 24.1 Å². The van der Waals surface area contributed by atoms with E-state index in [0.717, 1.165) is 28.2 Å². The van der Waals surface area contributed by atoms with Crippen molar-refractivity contribution < 1.29 is 28.3 Å². The van der Waals surface area contributed by atoms with Crippen LogP contribution in [-0.4, -0.2) is 46.3 Å². The van der Waals surface area contributed by atoms with E-state index in [1.165, 1.54) is 23.9 Å². The maximum absolute atomic E-state index is 13.8. The van der Waals surface area contributed by atoms with Gasteiger partial charge in [0.05, 0.1) is 29.9 Å². The average Bonchev–Trinajstić information content (AvgIpc) is 3.47. The lowest BCUT2D eigenvalue weighted by Crippen LogP contribution is -2.38. The van der Waals surface area contributed by atoms with Crippen molar-refractivity contribution >= 4 is 47.1 Å². The number of thioether (sulfide) groups is 1. The third kappa shape index (κ3) is 6.97. The van der Waals surface area contributed by atoms with Crippen LogP contribution in [0.3, 0.4) is 0 Å². The molecule has 0 fully saturated rings. The van der Waals surface area contributed by atoms with Crippen molar-refractivity contribution in [3.05, 3.63) is 95.0 Å². The fourth-order valence-electron chi connectivity index (χ4n) is 5.16. The molecule has 1 aliphatic carbocycles. The number of benzene rings is 2. The van der Waals surface area contributed by atoms with Gasteiger partial charge >= 0.3 is 5.97 Å². The number of anilines is 1. The third-order valence-electron chi connectivity index (χ3n) is 7.32.